The van der Waals surface area contributed by atoms with Gasteiger partial charge in [-0.1, -0.05) is 0 Å². The standard InChI is InChI=1S/C24H31F3N6O2S/c1-12-18(21-32-19-13(2)28-9-8-16(19)36-21)20(31-15-7-6-14(10-15)23(3,4)34)33-22(30-12)29-11-17(35-5)24(25,26)27/h8-9,14-15,17,34H,6-7,10-11H2,1-5H3,(H2,29,30,31,33)/t14-,15+,17+/m1/s1. The Hall–Kier alpha value is -2.57. The molecule has 3 N–H and O–H groups in total. The van der Waals surface area contributed by atoms with Crippen LogP contribution in [0.3, 0.4) is 0 Å². The second kappa shape index (κ2) is 10.1. The van der Waals surface area contributed by atoms with Crippen molar-refractivity contribution in [3.05, 3.63) is 23.7 Å². The van der Waals surface area contributed by atoms with E-state index in [0.717, 1.165) is 42.3 Å². The third-order valence-electron chi connectivity index (χ3n) is 6.66. The number of alkyl halides is 3. The van der Waals surface area contributed by atoms with Gasteiger partial charge in [-0.25, -0.2) is 9.97 Å². The molecule has 3 atom stereocenters. The molecule has 3 heterocycles. The number of methoxy groups -OCH3 is 1. The van der Waals surface area contributed by atoms with E-state index < -0.39 is 24.4 Å². The summed E-state index contributed by atoms with van der Waals surface area (Å²) in [7, 11) is 1.02. The van der Waals surface area contributed by atoms with E-state index in [-0.39, 0.29) is 17.9 Å². The molecule has 4 rings (SSSR count). The van der Waals surface area contributed by atoms with E-state index in [1.807, 2.05) is 26.8 Å². The molecule has 0 amide bonds. The molecule has 0 bridgehead atoms. The minimum atomic E-state index is -4.51. The molecule has 196 valence electrons. The summed E-state index contributed by atoms with van der Waals surface area (Å²) in [5.41, 5.74) is 2.09. The number of aryl methyl sites for hydroxylation is 2. The average Bonchev–Trinajstić information content (AvgIpc) is 3.41. The zero-order valence-electron chi connectivity index (χ0n) is 20.9. The summed E-state index contributed by atoms with van der Waals surface area (Å²) >= 11 is 1.49. The number of hydrogen-bond acceptors (Lipinski definition) is 9. The van der Waals surface area contributed by atoms with E-state index in [1.54, 1.807) is 13.1 Å². The second-order valence-electron chi connectivity index (χ2n) is 9.77. The van der Waals surface area contributed by atoms with E-state index in [9.17, 15) is 18.3 Å². The molecule has 0 unspecified atom stereocenters. The van der Waals surface area contributed by atoms with Crippen molar-refractivity contribution in [2.45, 2.75) is 70.9 Å². The Balaban J connectivity index is 1.69. The highest BCUT2D eigenvalue weighted by atomic mass is 32.1. The van der Waals surface area contributed by atoms with Gasteiger partial charge in [0.2, 0.25) is 5.95 Å². The van der Waals surface area contributed by atoms with E-state index in [1.165, 1.54) is 11.3 Å². The Morgan fingerprint density at radius 3 is 2.53 bits per heavy atom. The molecule has 0 spiro atoms. The first kappa shape index (κ1) is 26.5. The van der Waals surface area contributed by atoms with Gasteiger partial charge in [0.15, 0.2) is 6.10 Å². The van der Waals surface area contributed by atoms with Crippen molar-refractivity contribution in [2.24, 2.45) is 5.92 Å². The van der Waals surface area contributed by atoms with Gasteiger partial charge in [0.1, 0.15) is 16.3 Å². The van der Waals surface area contributed by atoms with Gasteiger partial charge in [-0.15, -0.1) is 11.3 Å². The number of nitrogens with one attached hydrogen (secondary N) is 2. The molecule has 8 nitrogen and oxygen atoms in total. The molecule has 1 saturated carbocycles. The van der Waals surface area contributed by atoms with Crippen LogP contribution in [0.25, 0.3) is 20.8 Å². The normalized spacial score (nSPS) is 19.6. The van der Waals surface area contributed by atoms with Crippen LogP contribution in [0.15, 0.2) is 12.3 Å². The summed E-state index contributed by atoms with van der Waals surface area (Å²) in [5.74, 6) is 0.697. The number of halogens is 3. The maximum absolute atomic E-state index is 13.2. The SMILES string of the molecule is CO[C@@H](CNc1nc(C)c(-c2nc3c(C)nccc3s2)c(N[C@H]2CC[C@@H](C(C)(C)O)C2)n1)C(F)(F)F. The minimum absolute atomic E-state index is 0.0435. The predicted octanol–water partition coefficient (Wildman–Crippen LogP) is 5.11. The van der Waals surface area contributed by atoms with Crippen molar-refractivity contribution in [2.75, 3.05) is 24.3 Å². The molecule has 3 aromatic rings. The van der Waals surface area contributed by atoms with Crippen LogP contribution in [0, 0.1) is 19.8 Å². The van der Waals surface area contributed by atoms with Crippen LogP contribution in [-0.4, -0.2) is 62.6 Å². The number of pyridine rings is 1. The van der Waals surface area contributed by atoms with Crippen LogP contribution in [0.5, 0.6) is 0 Å². The molecule has 0 radical (unpaired) electrons. The van der Waals surface area contributed by atoms with Gasteiger partial charge in [0.05, 0.1) is 33.8 Å². The fourth-order valence-electron chi connectivity index (χ4n) is 4.57. The van der Waals surface area contributed by atoms with Crippen LogP contribution in [0.2, 0.25) is 0 Å². The summed E-state index contributed by atoms with van der Waals surface area (Å²) in [6.45, 7) is 6.79. The van der Waals surface area contributed by atoms with Crippen LogP contribution >= 0.6 is 11.3 Å². The summed E-state index contributed by atoms with van der Waals surface area (Å²) in [5, 5.41) is 17.3. The number of nitrogens with zero attached hydrogens (tertiary/aromatic N) is 4. The molecule has 1 aliphatic carbocycles. The van der Waals surface area contributed by atoms with E-state index >= 15 is 0 Å². The number of thiazole rings is 1. The second-order valence-corrected chi connectivity index (χ2v) is 10.8. The van der Waals surface area contributed by atoms with Gasteiger partial charge in [-0.2, -0.15) is 18.2 Å². The fraction of sp³-hybridized carbons (Fsp3) is 0.583. The third kappa shape index (κ3) is 5.70. The zero-order valence-corrected chi connectivity index (χ0v) is 21.7. The van der Waals surface area contributed by atoms with Gasteiger partial charge >= 0.3 is 6.18 Å². The highest BCUT2D eigenvalue weighted by Crippen LogP contribution is 2.40. The monoisotopic (exact) mass is 524 g/mol. The molecule has 1 aliphatic rings. The first-order chi connectivity index (χ1) is 16.9. The Morgan fingerprint density at radius 2 is 1.92 bits per heavy atom. The van der Waals surface area contributed by atoms with Crippen molar-refractivity contribution in [3.63, 3.8) is 0 Å². The Morgan fingerprint density at radius 1 is 1.17 bits per heavy atom. The lowest BCUT2D eigenvalue weighted by molar-refractivity contribution is -0.207. The predicted molar refractivity (Wildman–Crippen MR) is 134 cm³/mol. The molecule has 36 heavy (non-hydrogen) atoms. The first-order valence-electron chi connectivity index (χ1n) is 11.8. The molecule has 0 saturated heterocycles. The quantitative estimate of drug-likeness (QED) is 0.374. The summed E-state index contributed by atoms with van der Waals surface area (Å²) in [4.78, 5) is 18.1. The lowest BCUT2D eigenvalue weighted by Crippen LogP contribution is -2.37. The van der Waals surface area contributed by atoms with Gasteiger partial charge in [0, 0.05) is 19.3 Å². The third-order valence-corrected chi connectivity index (χ3v) is 7.70. The van der Waals surface area contributed by atoms with E-state index in [4.69, 9.17) is 4.98 Å². The van der Waals surface area contributed by atoms with Crippen molar-refractivity contribution in [1.82, 2.24) is 19.9 Å². The van der Waals surface area contributed by atoms with Crippen molar-refractivity contribution >= 4 is 33.3 Å². The highest BCUT2D eigenvalue weighted by molar-refractivity contribution is 7.21. The van der Waals surface area contributed by atoms with Gasteiger partial charge in [-0.3, -0.25) is 4.98 Å². The Labute approximate surface area is 211 Å². The molecule has 0 aromatic carbocycles. The van der Waals surface area contributed by atoms with Crippen LogP contribution in [0.1, 0.15) is 44.5 Å². The summed E-state index contributed by atoms with van der Waals surface area (Å²) < 4.78 is 45.0. The number of ether oxygens (including phenoxy) is 1. The largest absolute Gasteiger partial charge is 0.416 e. The number of anilines is 2. The highest BCUT2D eigenvalue weighted by Gasteiger charge is 2.40. The Bertz CT molecular complexity index is 1230. The van der Waals surface area contributed by atoms with Gasteiger partial charge < -0.3 is 20.5 Å². The maximum Gasteiger partial charge on any atom is 0.416 e. The lowest BCUT2D eigenvalue weighted by Gasteiger charge is -2.26. The topological polar surface area (TPSA) is 105 Å². The van der Waals surface area contributed by atoms with Gasteiger partial charge in [0.25, 0.3) is 0 Å². The number of rotatable bonds is 8. The number of hydrogen-bond donors (Lipinski definition) is 3. The summed E-state index contributed by atoms with van der Waals surface area (Å²) in [6, 6.07) is 1.94. The fourth-order valence-corrected chi connectivity index (χ4v) is 5.68. The summed E-state index contributed by atoms with van der Waals surface area (Å²) in [6.07, 6.45) is -2.32. The number of aliphatic hydroxyl groups is 1. The molecule has 3 aromatic heterocycles. The number of fused-ring (bicyclic) bond motifs is 1. The zero-order chi connectivity index (χ0) is 26.3. The van der Waals surface area contributed by atoms with Crippen molar-refractivity contribution < 1.29 is 23.0 Å². The Kier molecular flexibility index (Phi) is 7.40. The van der Waals surface area contributed by atoms with Crippen LogP contribution < -0.4 is 10.6 Å². The molecule has 12 heteroatoms. The van der Waals surface area contributed by atoms with Crippen molar-refractivity contribution in [1.29, 1.82) is 0 Å². The number of aromatic nitrogens is 4. The minimum Gasteiger partial charge on any atom is -0.390 e. The van der Waals surface area contributed by atoms with Gasteiger partial charge in [-0.05, 0) is 58.9 Å². The smallest absolute Gasteiger partial charge is 0.390 e. The average molecular weight is 525 g/mol. The van der Waals surface area contributed by atoms with E-state index in [2.05, 4.69) is 30.3 Å². The van der Waals surface area contributed by atoms with Crippen LogP contribution in [0.4, 0.5) is 24.9 Å². The first-order valence-corrected chi connectivity index (χ1v) is 12.6. The molecule has 1 fully saturated rings. The lowest BCUT2D eigenvalue weighted by atomic mass is 9.89. The molecular weight excluding hydrogens is 493 g/mol. The molecular formula is C24H31F3N6O2S. The molecule has 0 aliphatic heterocycles. The maximum atomic E-state index is 13.2. The van der Waals surface area contributed by atoms with E-state index in [0.29, 0.717) is 22.1 Å². The van der Waals surface area contributed by atoms with Crippen LogP contribution in [-0.2, 0) is 4.74 Å². The van der Waals surface area contributed by atoms with Crippen molar-refractivity contribution in [3.8, 4) is 10.6 Å².